The highest BCUT2D eigenvalue weighted by atomic mass is 16.5. The summed E-state index contributed by atoms with van der Waals surface area (Å²) in [5.41, 5.74) is 0. The number of rotatable bonds is 5. The lowest BCUT2D eigenvalue weighted by atomic mass is 10.1. The van der Waals surface area contributed by atoms with E-state index < -0.39 is 0 Å². The van der Waals surface area contributed by atoms with E-state index >= 15 is 0 Å². The van der Waals surface area contributed by atoms with Crippen molar-refractivity contribution in [1.29, 1.82) is 0 Å². The average Bonchev–Trinajstić information content (AvgIpc) is 2.19. The molecule has 1 aliphatic heterocycles. The van der Waals surface area contributed by atoms with Gasteiger partial charge in [0.05, 0.1) is 6.10 Å². The summed E-state index contributed by atoms with van der Waals surface area (Å²) in [5, 5.41) is 3.35. The Labute approximate surface area is 87.8 Å². The molecule has 3 nitrogen and oxygen atoms in total. The largest absolute Gasteiger partial charge is 0.377 e. The summed E-state index contributed by atoms with van der Waals surface area (Å²) in [5.74, 6) is 0. The van der Waals surface area contributed by atoms with Crippen LogP contribution in [-0.4, -0.2) is 50.3 Å². The minimum atomic E-state index is 0.381. The quantitative estimate of drug-likeness (QED) is 0.719. The Hall–Kier alpha value is -0.120. The minimum absolute atomic E-state index is 0.381. The second-order valence-electron chi connectivity index (χ2n) is 4.13. The van der Waals surface area contributed by atoms with Crippen molar-refractivity contribution in [3.05, 3.63) is 0 Å². The molecule has 0 amide bonds. The van der Waals surface area contributed by atoms with Crippen LogP contribution in [0.1, 0.15) is 26.7 Å². The van der Waals surface area contributed by atoms with E-state index in [2.05, 4.69) is 31.1 Å². The highest BCUT2D eigenvalue weighted by Gasteiger charge is 2.18. The van der Waals surface area contributed by atoms with Crippen molar-refractivity contribution in [2.24, 2.45) is 0 Å². The molecule has 0 spiro atoms. The third-order valence-corrected chi connectivity index (χ3v) is 2.96. The van der Waals surface area contributed by atoms with Crippen LogP contribution in [0.25, 0.3) is 0 Å². The summed E-state index contributed by atoms with van der Waals surface area (Å²) >= 11 is 0. The summed E-state index contributed by atoms with van der Waals surface area (Å²) in [6.45, 7) is 8.56. The maximum atomic E-state index is 5.54. The number of likely N-dealkylation sites (tertiary alicyclic amines) is 1. The van der Waals surface area contributed by atoms with Crippen LogP contribution in [0.5, 0.6) is 0 Å². The maximum Gasteiger partial charge on any atom is 0.0673 e. The molecule has 84 valence electrons. The van der Waals surface area contributed by atoms with Gasteiger partial charge in [-0.05, 0) is 46.8 Å². The van der Waals surface area contributed by atoms with Crippen LogP contribution in [0.2, 0.25) is 0 Å². The Kier molecular flexibility index (Phi) is 5.45. The molecule has 0 bridgehead atoms. The molecular formula is C11H24N2O. The second kappa shape index (κ2) is 6.38. The van der Waals surface area contributed by atoms with Crippen LogP contribution < -0.4 is 5.32 Å². The number of nitrogens with zero attached hydrogens (tertiary/aromatic N) is 1. The smallest absolute Gasteiger partial charge is 0.0673 e. The standard InChI is InChI=1S/C11H24N2O/c1-4-14-10(2)9-13-7-5-11(12-3)6-8-13/h10-12H,4-9H2,1-3H3. The third kappa shape index (κ3) is 3.95. The molecule has 1 aliphatic rings. The Bertz CT molecular complexity index is 144. The van der Waals surface area contributed by atoms with Gasteiger partial charge in [-0.3, -0.25) is 0 Å². The van der Waals surface area contributed by atoms with Crippen molar-refractivity contribution in [2.75, 3.05) is 33.3 Å². The van der Waals surface area contributed by atoms with E-state index in [0.29, 0.717) is 6.10 Å². The minimum Gasteiger partial charge on any atom is -0.377 e. The monoisotopic (exact) mass is 200 g/mol. The van der Waals surface area contributed by atoms with E-state index in [4.69, 9.17) is 4.74 Å². The number of ether oxygens (including phenoxy) is 1. The molecule has 1 unspecified atom stereocenters. The highest BCUT2D eigenvalue weighted by molar-refractivity contribution is 4.76. The lowest BCUT2D eigenvalue weighted by molar-refractivity contribution is 0.0384. The summed E-state index contributed by atoms with van der Waals surface area (Å²) in [7, 11) is 2.06. The fourth-order valence-corrected chi connectivity index (χ4v) is 2.11. The molecular weight excluding hydrogens is 176 g/mol. The first-order chi connectivity index (χ1) is 6.76. The molecule has 0 aromatic heterocycles. The van der Waals surface area contributed by atoms with E-state index in [1.165, 1.54) is 25.9 Å². The zero-order chi connectivity index (χ0) is 10.4. The average molecular weight is 200 g/mol. The van der Waals surface area contributed by atoms with Crippen molar-refractivity contribution >= 4 is 0 Å². The van der Waals surface area contributed by atoms with Crippen molar-refractivity contribution < 1.29 is 4.74 Å². The fraction of sp³-hybridized carbons (Fsp3) is 1.00. The molecule has 1 rings (SSSR count). The van der Waals surface area contributed by atoms with Crippen LogP contribution in [-0.2, 0) is 4.74 Å². The van der Waals surface area contributed by atoms with Gasteiger partial charge in [0.25, 0.3) is 0 Å². The van der Waals surface area contributed by atoms with E-state index in [0.717, 1.165) is 19.2 Å². The Balaban J connectivity index is 2.15. The van der Waals surface area contributed by atoms with Gasteiger partial charge in [0.2, 0.25) is 0 Å². The highest BCUT2D eigenvalue weighted by Crippen LogP contribution is 2.10. The molecule has 0 aromatic carbocycles. The Morgan fingerprint density at radius 3 is 2.57 bits per heavy atom. The van der Waals surface area contributed by atoms with Gasteiger partial charge in [-0.25, -0.2) is 0 Å². The van der Waals surface area contributed by atoms with Gasteiger partial charge in [0.15, 0.2) is 0 Å². The molecule has 0 saturated carbocycles. The zero-order valence-corrected chi connectivity index (χ0v) is 9.75. The first-order valence-corrected chi connectivity index (χ1v) is 5.77. The Morgan fingerprint density at radius 1 is 1.43 bits per heavy atom. The number of nitrogens with one attached hydrogen (secondary N) is 1. The molecule has 3 heteroatoms. The zero-order valence-electron chi connectivity index (χ0n) is 9.75. The van der Waals surface area contributed by atoms with E-state index in [-0.39, 0.29) is 0 Å². The van der Waals surface area contributed by atoms with E-state index in [1.807, 2.05) is 0 Å². The molecule has 1 heterocycles. The molecule has 0 radical (unpaired) electrons. The van der Waals surface area contributed by atoms with Gasteiger partial charge >= 0.3 is 0 Å². The van der Waals surface area contributed by atoms with Crippen molar-refractivity contribution in [3.63, 3.8) is 0 Å². The molecule has 1 N–H and O–H groups in total. The van der Waals surface area contributed by atoms with Crippen molar-refractivity contribution in [2.45, 2.75) is 38.8 Å². The van der Waals surface area contributed by atoms with Crippen LogP contribution in [0.4, 0.5) is 0 Å². The first-order valence-electron chi connectivity index (χ1n) is 5.77. The van der Waals surface area contributed by atoms with Crippen LogP contribution in [0.15, 0.2) is 0 Å². The van der Waals surface area contributed by atoms with Crippen LogP contribution in [0, 0.1) is 0 Å². The Morgan fingerprint density at radius 2 is 2.07 bits per heavy atom. The predicted octanol–water partition coefficient (Wildman–Crippen LogP) is 1.10. The van der Waals surface area contributed by atoms with Gasteiger partial charge in [0, 0.05) is 19.2 Å². The maximum absolute atomic E-state index is 5.54. The molecule has 14 heavy (non-hydrogen) atoms. The van der Waals surface area contributed by atoms with Gasteiger partial charge in [-0.15, -0.1) is 0 Å². The van der Waals surface area contributed by atoms with Gasteiger partial charge in [-0.2, -0.15) is 0 Å². The number of hydrogen-bond acceptors (Lipinski definition) is 3. The van der Waals surface area contributed by atoms with E-state index in [9.17, 15) is 0 Å². The lowest BCUT2D eigenvalue weighted by Gasteiger charge is -2.33. The normalized spacial score (nSPS) is 22.5. The van der Waals surface area contributed by atoms with Gasteiger partial charge < -0.3 is 15.0 Å². The third-order valence-electron chi connectivity index (χ3n) is 2.96. The summed E-state index contributed by atoms with van der Waals surface area (Å²) in [6, 6.07) is 0.730. The number of hydrogen-bond donors (Lipinski definition) is 1. The SMILES string of the molecule is CCOC(C)CN1CCC(NC)CC1. The number of piperidine rings is 1. The van der Waals surface area contributed by atoms with Gasteiger partial charge in [0.1, 0.15) is 0 Å². The molecule has 0 aliphatic carbocycles. The fourth-order valence-electron chi connectivity index (χ4n) is 2.11. The molecule has 0 aromatic rings. The lowest BCUT2D eigenvalue weighted by Crippen LogP contribution is -2.43. The molecule has 1 saturated heterocycles. The van der Waals surface area contributed by atoms with Gasteiger partial charge in [-0.1, -0.05) is 0 Å². The predicted molar refractivity (Wildman–Crippen MR) is 59.6 cm³/mol. The second-order valence-corrected chi connectivity index (χ2v) is 4.13. The van der Waals surface area contributed by atoms with Crippen molar-refractivity contribution in [3.8, 4) is 0 Å². The van der Waals surface area contributed by atoms with E-state index in [1.54, 1.807) is 0 Å². The van der Waals surface area contributed by atoms with Crippen molar-refractivity contribution in [1.82, 2.24) is 10.2 Å². The van der Waals surface area contributed by atoms with Crippen LogP contribution in [0.3, 0.4) is 0 Å². The topological polar surface area (TPSA) is 24.5 Å². The summed E-state index contributed by atoms with van der Waals surface area (Å²) in [6.07, 6.45) is 2.93. The summed E-state index contributed by atoms with van der Waals surface area (Å²) in [4.78, 5) is 2.51. The summed E-state index contributed by atoms with van der Waals surface area (Å²) < 4.78 is 5.54. The van der Waals surface area contributed by atoms with Crippen LogP contribution >= 0.6 is 0 Å². The first kappa shape index (κ1) is 12.0. The molecule has 1 fully saturated rings. The molecule has 1 atom stereocenters.